The number of ether oxygens (including phenoxy) is 4. The lowest BCUT2D eigenvalue weighted by Crippen LogP contribution is -2.64. The van der Waals surface area contributed by atoms with Crippen LogP contribution in [0.2, 0.25) is 0 Å². The number of allylic oxidation sites excluding steroid dienone is 1. The zero-order valence-electron chi connectivity index (χ0n) is 19.1. The molecule has 0 aromatic heterocycles. The molecule has 2 atom stereocenters. The van der Waals surface area contributed by atoms with Crippen LogP contribution in [0.3, 0.4) is 0 Å². The molecule has 0 aromatic rings. The Labute approximate surface area is 169 Å². The molecule has 0 aliphatic rings. The highest BCUT2D eigenvalue weighted by atomic mass is 16.9. The molecule has 4 nitrogen and oxygen atoms in total. The summed E-state index contributed by atoms with van der Waals surface area (Å²) in [5.74, 6) is -1.03. The minimum atomic E-state index is -1.19. The molecular weight excluding hydrogens is 340 g/mol. The maximum atomic E-state index is 6.27. The van der Waals surface area contributed by atoms with Gasteiger partial charge in [-0.25, -0.2) is 0 Å². The Kier molecular flexibility index (Phi) is 15.3. The molecule has 0 saturated heterocycles. The minimum Gasteiger partial charge on any atom is -0.369 e. The number of methoxy groups -OCH3 is 1. The van der Waals surface area contributed by atoms with Crippen LogP contribution in [0.25, 0.3) is 0 Å². The van der Waals surface area contributed by atoms with Crippen molar-refractivity contribution in [1.82, 2.24) is 0 Å². The summed E-state index contributed by atoms with van der Waals surface area (Å²) in [6, 6.07) is 0. The zero-order valence-corrected chi connectivity index (χ0v) is 19.1. The van der Waals surface area contributed by atoms with Crippen LogP contribution in [0.4, 0.5) is 0 Å². The number of hydrogen-bond acceptors (Lipinski definition) is 4. The van der Waals surface area contributed by atoms with Crippen molar-refractivity contribution in [1.29, 1.82) is 0 Å². The second-order valence-electron chi connectivity index (χ2n) is 7.03. The Morgan fingerprint density at radius 1 is 0.778 bits per heavy atom. The van der Waals surface area contributed by atoms with Crippen LogP contribution < -0.4 is 0 Å². The minimum absolute atomic E-state index is 0.165. The standard InChI is InChI=1S/C23H46O4/c1-8-14-15-16-17-19-21(18-9-2)22(24-7,20-10-3)23(25-11-4,26-12-5)27-13-6/h9,18,21H,8,10-17,19-20H2,1-7H3. The van der Waals surface area contributed by atoms with E-state index in [-0.39, 0.29) is 5.92 Å². The molecule has 2 unspecified atom stereocenters. The fourth-order valence-electron chi connectivity index (χ4n) is 4.06. The molecule has 0 aliphatic heterocycles. The third-order valence-corrected chi connectivity index (χ3v) is 5.15. The van der Waals surface area contributed by atoms with Gasteiger partial charge in [0, 0.05) is 32.8 Å². The summed E-state index contributed by atoms with van der Waals surface area (Å²) >= 11 is 0. The van der Waals surface area contributed by atoms with Crippen LogP contribution in [-0.4, -0.2) is 38.5 Å². The average molecular weight is 387 g/mol. The highest BCUT2D eigenvalue weighted by Gasteiger charge is 2.59. The van der Waals surface area contributed by atoms with Gasteiger partial charge in [0.15, 0.2) is 5.60 Å². The highest BCUT2D eigenvalue weighted by molar-refractivity contribution is 5.05. The molecule has 0 bridgehead atoms. The normalized spacial score (nSPS) is 16.0. The van der Waals surface area contributed by atoms with Crippen LogP contribution in [0, 0.1) is 5.92 Å². The van der Waals surface area contributed by atoms with E-state index >= 15 is 0 Å². The molecule has 0 rings (SSSR count). The first-order valence-corrected chi connectivity index (χ1v) is 11.2. The van der Waals surface area contributed by atoms with Crippen molar-refractivity contribution >= 4 is 0 Å². The van der Waals surface area contributed by atoms with Gasteiger partial charge >= 0.3 is 5.97 Å². The van der Waals surface area contributed by atoms with Crippen molar-refractivity contribution < 1.29 is 18.9 Å². The molecule has 162 valence electrons. The van der Waals surface area contributed by atoms with Gasteiger partial charge in [-0.3, -0.25) is 0 Å². The van der Waals surface area contributed by atoms with E-state index in [1.807, 2.05) is 20.8 Å². The zero-order chi connectivity index (χ0) is 20.6. The largest absolute Gasteiger partial charge is 0.369 e. The number of unbranched alkanes of at least 4 members (excludes halogenated alkanes) is 4. The maximum absolute atomic E-state index is 6.27. The molecule has 0 radical (unpaired) electrons. The average Bonchev–Trinajstić information content (AvgIpc) is 2.65. The third-order valence-electron chi connectivity index (χ3n) is 5.15. The van der Waals surface area contributed by atoms with Gasteiger partial charge in [0.1, 0.15) is 0 Å². The van der Waals surface area contributed by atoms with Gasteiger partial charge in [-0.05, 0) is 40.5 Å². The Morgan fingerprint density at radius 2 is 1.33 bits per heavy atom. The predicted molar refractivity (Wildman–Crippen MR) is 114 cm³/mol. The molecule has 0 N–H and O–H groups in total. The van der Waals surface area contributed by atoms with Crippen LogP contribution in [0.15, 0.2) is 12.2 Å². The van der Waals surface area contributed by atoms with Crippen molar-refractivity contribution in [2.45, 2.75) is 104 Å². The SMILES string of the molecule is CC=CC(CCCCCCC)C(CCC)(OC)C(OCC)(OCC)OCC. The van der Waals surface area contributed by atoms with E-state index in [0.717, 1.165) is 19.3 Å². The van der Waals surface area contributed by atoms with E-state index in [0.29, 0.717) is 19.8 Å². The molecular formula is C23H46O4. The lowest BCUT2D eigenvalue weighted by Gasteiger charge is -2.50. The summed E-state index contributed by atoms with van der Waals surface area (Å²) < 4.78 is 24.8. The molecule has 0 spiro atoms. The molecule has 0 heterocycles. The summed E-state index contributed by atoms with van der Waals surface area (Å²) in [7, 11) is 1.77. The fraction of sp³-hybridized carbons (Fsp3) is 0.913. The lowest BCUT2D eigenvalue weighted by atomic mass is 9.77. The third kappa shape index (κ3) is 7.49. The molecule has 0 saturated carbocycles. The summed E-state index contributed by atoms with van der Waals surface area (Å²) in [5.41, 5.74) is -0.680. The van der Waals surface area contributed by atoms with E-state index in [1.54, 1.807) is 7.11 Å². The van der Waals surface area contributed by atoms with E-state index in [2.05, 4.69) is 32.9 Å². The Hall–Kier alpha value is -0.420. The first-order valence-electron chi connectivity index (χ1n) is 11.2. The van der Waals surface area contributed by atoms with Gasteiger partial charge < -0.3 is 18.9 Å². The molecule has 4 heteroatoms. The van der Waals surface area contributed by atoms with Gasteiger partial charge in [0.25, 0.3) is 0 Å². The van der Waals surface area contributed by atoms with Crippen LogP contribution in [-0.2, 0) is 18.9 Å². The maximum Gasteiger partial charge on any atom is 0.314 e. The predicted octanol–water partition coefficient (Wildman–Crippen LogP) is 6.49. The van der Waals surface area contributed by atoms with Gasteiger partial charge in [0.05, 0.1) is 0 Å². The van der Waals surface area contributed by atoms with Gasteiger partial charge in [-0.1, -0.05) is 64.5 Å². The summed E-state index contributed by atoms with van der Waals surface area (Å²) in [4.78, 5) is 0. The molecule has 0 aromatic carbocycles. The highest BCUT2D eigenvalue weighted by Crippen LogP contribution is 2.45. The van der Waals surface area contributed by atoms with Crippen LogP contribution in [0.5, 0.6) is 0 Å². The van der Waals surface area contributed by atoms with E-state index in [1.165, 1.54) is 32.1 Å². The smallest absolute Gasteiger partial charge is 0.314 e. The molecule has 0 fully saturated rings. The van der Waals surface area contributed by atoms with Crippen molar-refractivity contribution in [3.8, 4) is 0 Å². The Bertz CT molecular complexity index is 352. The first kappa shape index (κ1) is 26.6. The molecule has 0 aliphatic carbocycles. The van der Waals surface area contributed by atoms with Crippen LogP contribution >= 0.6 is 0 Å². The van der Waals surface area contributed by atoms with E-state index in [9.17, 15) is 0 Å². The van der Waals surface area contributed by atoms with E-state index < -0.39 is 11.6 Å². The van der Waals surface area contributed by atoms with Crippen molar-refractivity contribution in [3.05, 3.63) is 12.2 Å². The van der Waals surface area contributed by atoms with Gasteiger partial charge in [0.2, 0.25) is 0 Å². The van der Waals surface area contributed by atoms with E-state index in [4.69, 9.17) is 18.9 Å². The molecule has 27 heavy (non-hydrogen) atoms. The monoisotopic (exact) mass is 386 g/mol. The summed E-state index contributed by atoms with van der Waals surface area (Å²) in [5, 5.41) is 0. The number of rotatable bonds is 18. The second-order valence-corrected chi connectivity index (χ2v) is 7.03. The van der Waals surface area contributed by atoms with Gasteiger partial charge in [-0.15, -0.1) is 0 Å². The topological polar surface area (TPSA) is 36.9 Å². The molecule has 0 amide bonds. The lowest BCUT2D eigenvalue weighted by molar-refractivity contribution is -0.449. The number of hydrogen-bond donors (Lipinski definition) is 0. The summed E-state index contributed by atoms with van der Waals surface area (Å²) in [6.45, 7) is 14.0. The van der Waals surface area contributed by atoms with Crippen LogP contribution in [0.1, 0.15) is 92.9 Å². The summed E-state index contributed by atoms with van der Waals surface area (Å²) in [6.07, 6.45) is 13.5. The van der Waals surface area contributed by atoms with Gasteiger partial charge in [-0.2, -0.15) is 0 Å². The van der Waals surface area contributed by atoms with Crippen molar-refractivity contribution in [3.63, 3.8) is 0 Å². The fourth-order valence-corrected chi connectivity index (χ4v) is 4.06. The Morgan fingerprint density at radius 3 is 1.74 bits per heavy atom. The Balaban J connectivity index is 5.88. The first-order chi connectivity index (χ1) is 13.1. The van der Waals surface area contributed by atoms with Crippen molar-refractivity contribution in [2.75, 3.05) is 26.9 Å². The van der Waals surface area contributed by atoms with Crippen molar-refractivity contribution in [2.24, 2.45) is 5.92 Å². The quantitative estimate of drug-likeness (QED) is 0.153. The second kappa shape index (κ2) is 15.5.